The first-order chi connectivity index (χ1) is 13.1. The molecule has 3 rings (SSSR count). The molecule has 1 atom stereocenters. The smallest absolute Gasteiger partial charge is 0.222 e. The summed E-state index contributed by atoms with van der Waals surface area (Å²) < 4.78 is 1.14. The Balaban J connectivity index is 0.00000280. The van der Waals surface area contributed by atoms with Crippen LogP contribution in [0.4, 0.5) is 0 Å². The lowest BCUT2D eigenvalue weighted by Crippen LogP contribution is -2.48. The summed E-state index contributed by atoms with van der Waals surface area (Å²) in [6.07, 6.45) is 6.51. The largest absolute Gasteiger partial charge is 0.356 e. The first-order valence-electron chi connectivity index (χ1n) is 10.1. The second-order valence-corrected chi connectivity index (χ2v) is 8.66. The van der Waals surface area contributed by atoms with Crippen LogP contribution < -0.4 is 10.6 Å². The van der Waals surface area contributed by atoms with Crippen molar-refractivity contribution in [2.75, 3.05) is 26.7 Å². The lowest BCUT2D eigenvalue weighted by atomic mass is 9.79. The van der Waals surface area contributed by atoms with Gasteiger partial charge in [0.2, 0.25) is 5.91 Å². The summed E-state index contributed by atoms with van der Waals surface area (Å²) in [5, 5.41) is 7.09. The van der Waals surface area contributed by atoms with Crippen molar-refractivity contribution in [1.29, 1.82) is 0 Å². The van der Waals surface area contributed by atoms with Crippen LogP contribution in [0.5, 0.6) is 0 Å². The molecule has 2 N–H and O–H groups in total. The van der Waals surface area contributed by atoms with Crippen molar-refractivity contribution < 1.29 is 4.79 Å². The minimum absolute atomic E-state index is 0. The van der Waals surface area contributed by atoms with E-state index in [9.17, 15) is 4.79 Å². The van der Waals surface area contributed by atoms with Crippen LogP contribution in [0.1, 0.15) is 51.0 Å². The Morgan fingerprint density at radius 2 is 2.11 bits per heavy atom. The molecule has 156 valence electrons. The average molecular weight is 563 g/mol. The lowest BCUT2D eigenvalue weighted by molar-refractivity contribution is -0.129. The molecule has 0 spiro atoms. The van der Waals surface area contributed by atoms with Crippen LogP contribution in [0.3, 0.4) is 0 Å². The number of benzene rings is 1. The van der Waals surface area contributed by atoms with Gasteiger partial charge < -0.3 is 15.5 Å². The van der Waals surface area contributed by atoms with Crippen molar-refractivity contribution in [3.63, 3.8) is 0 Å². The molecule has 0 aromatic heterocycles. The van der Waals surface area contributed by atoms with E-state index in [0.29, 0.717) is 6.42 Å². The van der Waals surface area contributed by atoms with Crippen LogP contribution in [-0.2, 0) is 10.2 Å². The van der Waals surface area contributed by atoms with Crippen LogP contribution in [0, 0.1) is 0 Å². The molecule has 0 bridgehead atoms. The number of carbonyl (C=O) groups is 1. The Morgan fingerprint density at radius 1 is 1.36 bits per heavy atom. The topological polar surface area (TPSA) is 56.7 Å². The summed E-state index contributed by atoms with van der Waals surface area (Å²) >= 11 is 3.62. The van der Waals surface area contributed by atoms with Gasteiger partial charge in [0.15, 0.2) is 5.96 Å². The van der Waals surface area contributed by atoms with Gasteiger partial charge in [-0.05, 0) is 37.0 Å². The molecule has 5 nitrogen and oxygen atoms in total. The van der Waals surface area contributed by atoms with E-state index < -0.39 is 0 Å². The molecule has 1 saturated carbocycles. The summed E-state index contributed by atoms with van der Waals surface area (Å²) in [7, 11) is 1.82. The van der Waals surface area contributed by atoms with Gasteiger partial charge in [0.25, 0.3) is 0 Å². The number of guanidine groups is 1. The molecule has 0 radical (unpaired) electrons. The fourth-order valence-corrected chi connectivity index (χ4v) is 4.81. The second kappa shape index (κ2) is 10.8. The quantitative estimate of drug-likeness (QED) is 0.323. The predicted molar refractivity (Wildman–Crippen MR) is 129 cm³/mol. The Kier molecular flexibility index (Phi) is 9.05. The standard InChI is InChI=1S/C21H31BrN4O.HI/c1-3-19(27)26-12-9-18(14-26)25-20(23-2)24-15-21(10-4-5-11-21)16-7-6-8-17(22)13-16;/h6-8,13,18H,3-5,9-12,14-15H2,1-2H3,(H2,23,24,25);1H. The summed E-state index contributed by atoms with van der Waals surface area (Å²) in [6.45, 7) is 4.41. The summed E-state index contributed by atoms with van der Waals surface area (Å²) in [6, 6.07) is 9.00. The molecule has 1 aliphatic carbocycles. The highest BCUT2D eigenvalue weighted by molar-refractivity contribution is 14.0. The van der Waals surface area contributed by atoms with Gasteiger partial charge in [-0.3, -0.25) is 9.79 Å². The molecule has 1 aromatic rings. The summed E-state index contributed by atoms with van der Waals surface area (Å²) in [4.78, 5) is 18.3. The molecule has 2 fully saturated rings. The number of likely N-dealkylation sites (tertiary alicyclic amines) is 1. The first-order valence-corrected chi connectivity index (χ1v) is 10.9. The zero-order valence-electron chi connectivity index (χ0n) is 16.8. The van der Waals surface area contributed by atoms with Gasteiger partial charge in [-0.1, -0.05) is 47.8 Å². The number of hydrogen-bond donors (Lipinski definition) is 2. The fourth-order valence-electron chi connectivity index (χ4n) is 4.41. The van der Waals surface area contributed by atoms with Gasteiger partial charge in [0.05, 0.1) is 0 Å². The maximum atomic E-state index is 11.9. The van der Waals surface area contributed by atoms with Crippen molar-refractivity contribution in [3.05, 3.63) is 34.3 Å². The third-order valence-corrected chi connectivity index (χ3v) is 6.49. The molecule has 1 amide bonds. The molecule has 1 aliphatic heterocycles. The molecule has 2 aliphatic rings. The Bertz CT molecular complexity index is 691. The summed E-state index contributed by atoms with van der Waals surface area (Å²) in [5.74, 6) is 1.08. The van der Waals surface area contributed by atoms with E-state index in [4.69, 9.17) is 0 Å². The van der Waals surface area contributed by atoms with E-state index in [-0.39, 0.29) is 41.3 Å². The highest BCUT2D eigenvalue weighted by atomic mass is 127. The number of nitrogens with one attached hydrogen (secondary N) is 2. The molecule has 1 unspecified atom stereocenters. The van der Waals surface area contributed by atoms with E-state index in [1.54, 1.807) is 0 Å². The lowest BCUT2D eigenvalue weighted by Gasteiger charge is -2.31. The molecular weight excluding hydrogens is 531 g/mol. The predicted octanol–water partition coefficient (Wildman–Crippen LogP) is 4.05. The molecular formula is C21H32BrIN4O. The van der Waals surface area contributed by atoms with Gasteiger partial charge >= 0.3 is 0 Å². The van der Waals surface area contributed by atoms with E-state index in [1.807, 2.05) is 18.9 Å². The number of rotatable bonds is 5. The molecule has 7 heteroatoms. The van der Waals surface area contributed by atoms with Gasteiger partial charge in [-0.25, -0.2) is 0 Å². The third-order valence-electron chi connectivity index (χ3n) is 6.00. The highest BCUT2D eigenvalue weighted by Crippen LogP contribution is 2.41. The monoisotopic (exact) mass is 562 g/mol. The van der Waals surface area contributed by atoms with E-state index >= 15 is 0 Å². The summed E-state index contributed by atoms with van der Waals surface area (Å²) in [5.41, 5.74) is 1.57. The fraction of sp³-hybridized carbons (Fsp3) is 0.619. The van der Waals surface area contributed by atoms with Crippen LogP contribution >= 0.6 is 39.9 Å². The minimum Gasteiger partial charge on any atom is -0.356 e. The normalized spacial score (nSPS) is 21.3. The minimum atomic E-state index is 0. The maximum absolute atomic E-state index is 11.9. The zero-order chi connectivity index (χ0) is 19.3. The Hall–Kier alpha value is -0.830. The molecule has 1 aromatic carbocycles. The molecule has 1 saturated heterocycles. The number of aliphatic imine (C=N–C) groups is 1. The molecule has 1 heterocycles. The average Bonchev–Trinajstić information content (AvgIpc) is 3.35. The first kappa shape index (κ1) is 23.4. The van der Waals surface area contributed by atoms with Crippen molar-refractivity contribution in [2.45, 2.75) is 56.9 Å². The van der Waals surface area contributed by atoms with Gasteiger partial charge in [-0.2, -0.15) is 0 Å². The van der Waals surface area contributed by atoms with E-state index in [1.165, 1.54) is 31.2 Å². The number of amides is 1. The van der Waals surface area contributed by atoms with Gasteiger partial charge in [0, 0.05) is 49.0 Å². The SMILES string of the molecule is CCC(=O)N1CCC(NC(=NC)NCC2(c3cccc(Br)c3)CCCC2)C1.I. The van der Waals surface area contributed by atoms with Crippen LogP contribution in [0.2, 0.25) is 0 Å². The number of hydrogen-bond acceptors (Lipinski definition) is 2. The van der Waals surface area contributed by atoms with Crippen molar-refractivity contribution in [3.8, 4) is 0 Å². The van der Waals surface area contributed by atoms with Crippen LogP contribution in [-0.4, -0.2) is 49.5 Å². The second-order valence-electron chi connectivity index (χ2n) is 7.75. The number of nitrogens with zero attached hydrogens (tertiary/aromatic N) is 2. The van der Waals surface area contributed by atoms with Gasteiger partial charge in [0.1, 0.15) is 0 Å². The van der Waals surface area contributed by atoms with E-state index in [2.05, 4.69) is 55.8 Å². The highest BCUT2D eigenvalue weighted by Gasteiger charge is 2.36. The van der Waals surface area contributed by atoms with Crippen molar-refractivity contribution in [1.82, 2.24) is 15.5 Å². The van der Waals surface area contributed by atoms with Gasteiger partial charge in [-0.15, -0.1) is 24.0 Å². The number of carbonyl (C=O) groups excluding carboxylic acids is 1. The van der Waals surface area contributed by atoms with E-state index in [0.717, 1.165) is 36.5 Å². The van der Waals surface area contributed by atoms with Crippen LogP contribution in [0.25, 0.3) is 0 Å². The van der Waals surface area contributed by atoms with Crippen molar-refractivity contribution in [2.24, 2.45) is 4.99 Å². The zero-order valence-corrected chi connectivity index (χ0v) is 20.8. The number of halogens is 2. The van der Waals surface area contributed by atoms with Crippen LogP contribution in [0.15, 0.2) is 33.7 Å². The Morgan fingerprint density at radius 3 is 2.75 bits per heavy atom. The molecule has 28 heavy (non-hydrogen) atoms. The maximum Gasteiger partial charge on any atom is 0.222 e. The van der Waals surface area contributed by atoms with Crippen molar-refractivity contribution >= 4 is 51.8 Å². The third kappa shape index (κ3) is 5.62. The Labute approximate surface area is 194 Å².